The van der Waals surface area contributed by atoms with Gasteiger partial charge in [0, 0.05) is 24.9 Å². The third kappa shape index (κ3) is 2.46. The number of halogens is 1. The molecule has 8 heteroatoms. The standard InChI is InChI=1S/C14H13FN6O/c1-16-12-4-3-10(20-21-12)11-5-9(15)13(14(19-11)22-2)8-6-17-18-7-8/h3-7H,1-2H3,(H,16,21)(H,17,18). The molecule has 3 aromatic heterocycles. The first-order valence-corrected chi connectivity index (χ1v) is 6.48. The van der Waals surface area contributed by atoms with Gasteiger partial charge < -0.3 is 10.1 Å². The van der Waals surface area contributed by atoms with Gasteiger partial charge in [0.05, 0.1) is 24.6 Å². The summed E-state index contributed by atoms with van der Waals surface area (Å²) >= 11 is 0. The molecule has 0 aliphatic heterocycles. The first-order chi connectivity index (χ1) is 10.7. The van der Waals surface area contributed by atoms with E-state index in [1.165, 1.54) is 19.4 Å². The number of rotatable bonds is 4. The Morgan fingerprint density at radius 2 is 2.09 bits per heavy atom. The van der Waals surface area contributed by atoms with Gasteiger partial charge in [-0.05, 0) is 12.1 Å². The van der Waals surface area contributed by atoms with Crippen molar-refractivity contribution >= 4 is 5.82 Å². The molecule has 0 bridgehead atoms. The van der Waals surface area contributed by atoms with Gasteiger partial charge in [0.25, 0.3) is 0 Å². The highest BCUT2D eigenvalue weighted by Gasteiger charge is 2.17. The Labute approximate surface area is 125 Å². The van der Waals surface area contributed by atoms with Crippen LogP contribution in [0, 0.1) is 5.82 Å². The average Bonchev–Trinajstić information content (AvgIpc) is 3.08. The Kier molecular flexibility index (Phi) is 3.65. The maximum atomic E-state index is 14.5. The molecule has 2 N–H and O–H groups in total. The van der Waals surface area contributed by atoms with Crippen molar-refractivity contribution in [3.8, 4) is 28.4 Å². The summed E-state index contributed by atoms with van der Waals surface area (Å²) in [4.78, 5) is 4.31. The minimum atomic E-state index is -0.470. The third-order valence-electron chi connectivity index (χ3n) is 3.10. The zero-order chi connectivity index (χ0) is 15.5. The zero-order valence-electron chi connectivity index (χ0n) is 12.0. The second kappa shape index (κ2) is 5.76. The van der Waals surface area contributed by atoms with E-state index in [1.807, 2.05) is 0 Å². The highest BCUT2D eigenvalue weighted by molar-refractivity contribution is 5.71. The lowest BCUT2D eigenvalue weighted by Gasteiger charge is -2.09. The topological polar surface area (TPSA) is 88.6 Å². The van der Waals surface area contributed by atoms with Crippen molar-refractivity contribution in [3.05, 3.63) is 36.4 Å². The second-order valence-corrected chi connectivity index (χ2v) is 4.41. The van der Waals surface area contributed by atoms with E-state index in [0.29, 0.717) is 22.8 Å². The summed E-state index contributed by atoms with van der Waals surface area (Å²) < 4.78 is 19.7. The van der Waals surface area contributed by atoms with Gasteiger partial charge in [-0.1, -0.05) is 0 Å². The van der Waals surface area contributed by atoms with E-state index in [9.17, 15) is 4.39 Å². The fourth-order valence-corrected chi connectivity index (χ4v) is 2.02. The van der Waals surface area contributed by atoms with Crippen LogP contribution < -0.4 is 10.1 Å². The molecule has 0 radical (unpaired) electrons. The summed E-state index contributed by atoms with van der Waals surface area (Å²) in [5, 5.41) is 17.3. The van der Waals surface area contributed by atoms with Crippen molar-refractivity contribution in [1.29, 1.82) is 0 Å². The Morgan fingerprint density at radius 1 is 1.23 bits per heavy atom. The predicted molar refractivity (Wildman–Crippen MR) is 78.9 cm³/mol. The van der Waals surface area contributed by atoms with E-state index in [1.54, 1.807) is 25.4 Å². The SMILES string of the molecule is CNc1ccc(-c2cc(F)c(-c3cn[nH]c3)c(OC)n2)nn1. The van der Waals surface area contributed by atoms with Crippen molar-refractivity contribution in [3.63, 3.8) is 0 Å². The number of methoxy groups -OCH3 is 1. The largest absolute Gasteiger partial charge is 0.480 e. The van der Waals surface area contributed by atoms with Crippen LogP contribution in [0.5, 0.6) is 5.88 Å². The number of hydrogen-bond donors (Lipinski definition) is 2. The predicted octanol–water partition coefficient (Wildman–Crippen LogP) is 2.12. The molecular formula is C14H13FN6O. The maximum Gasteiger partial charge on any atom is 0.224 e. The molecule has 0 atom stereocenters. The summed E-state index contributed by atoms with van der Waals surface area (Å²) in [6.07, 6.45) is 3.08. The first-order valence-electron chi connectivity index (χ1n) is 6.48. The van der Waals surface area contributed by atoms with Gasteiger partial charge in [-0.15, -0.1) is 10.2 Å². The van der Waals surface area contributed by atoms with E-state index < -0.39 is 5.82 Å². The van der Waals surface area contributed by atoms with Crippen LogP contribution in [0.1, 0.15) is 0 Å². The van der Waals surface area contributed by atoms with Gasteiger partial charge in [-0.2, -0.15) is 5.10 Å². The Bertz CT molecular complexity index is 773. The summed E-state index contributed by atoms with van der Waals surface area (Å²) in [6.45, 7) is 0. The molecule has 112 valence electrons. The Morgan fingerprint density at radius 3 is 2.68 bits per heavy atom. The van der Waals surface area contributed by atoms with E-state index >= 15 is 0 Å². The molecule has 3 rings (SSSR count). The Hall–Kier alpha value is -3.03. The van der Waals surface area contributed by atoms with Gasteiger partial charge in [-0.3, -0.25) is 5.10 Å². The number of pyridine rings is 1. The molecule has 0 fully saturated rings. The van der Waals surface area contributed by atoms with Crippen LogP contribution >= 0.6 is 0 Å². The van der Waals surface area contributed by atoms with Crippen LogP contribution in [-0.2, 0) is 0 Å². The number of nitrogens with zero attached hydrogens (tertiary/aromatic N) is 4. The number of nitrogens with one attached hydrogen (secondary N) is 2. The quantitative estimate of drug-likeness (QED) is 0.767. The maximum absolute atomic E-state index is 14.5. The van der Waals surface area contributed by atoms with E-state index in [-0.39, 0.29) is 11.4 Å². The van der Waals surface area contributed by atoms with Crippen molar-refractivity contribution in [2.24, 2.45) is 0 Å². The van der Waals surface area contributed by atoms with Gasteiger partial charge in [-0.25, -0.2) is 9.37 Å². The van der Waals surface area contributed by atoms with Crippen LogP contribution in [0.2, 0.25) is 0 Å². The molecule has 3 heterocycles. The number of aromatic nitrogens is 5. The van der Waals surface area contributed by atoms with Gasteiger partial charge in [0.2, 0.25) is 5.88 Å². The summed E-state index contributed by atoms with van der Waals surface area (Å²) in [6, 6.07) is 4.74. The number of aromatic amines is 1. The van der Waals surface area contributed by atoms with E-state index in [2.05, 4.69) is 30.7 Å². The fourth-order valence-electron chi connectivity index (χ4n) is 2.02. The molecule has 0 saturated heterocycles. The smallest absolute Gasteiger partial charge is 0.224 e. The number of anilines is 1. The number of H-pyrrole nitrogens is 1. The number of ether oxygens (including phenoxy) is 1. The fraction of sp³-hybridized carbons (Fsp3) is 0.143. The third-order valence-corrected chi connectivity index (χ3v) is 3.10. The van der Waals surface area contributed by atoms with Crippen molar-refractivity contribution in [2.75, 3.05) is 19.5 Å². The molecule has 3 aromatic rings. The van der Waals surface area contributed by atoms with Gasteiger partial charge in [0.15, 0.2) is 0 Å². The lowest BCUT2D eigenvalue weighted by molar-refractivity contribution is 0.397. The minimum absolute atomic E-state index is 0.163. The molecule has 0 aliphatic carbocycles. The van der Waals surface area contributed by atoms with Crippen LogP contribution in [0.3, 0.4) is 0 Å². The van der Waals surface area contributed by atoms with Gasteiger partial charge in [0.1, 0.15) is 17.3 Å². The highest BCUT2D eigenvalue weighted by atomic mass is 19.1. The van der Waals surface area contributed by atoms with E-state index in [4.69, 9.17) is 4.74 Å². The average molecular weight is 300 g/mol. The molecule has 0 aromatic carbocycles. The molecule has 0 aliphatic rings. The summed E-state index contributed by atoms with van der Waals surface area (Å²) in [5.74, 6) is 0.310. The monoisotopic (exact) mass is 300 g/mol. The molecule has 22 heavy (non-hydrogen) atoms. The summed E-state index contributed by atoms with van der Waals surface area (Å²) in [5.41, 5.74) is 1.61. The lowest BCUT2D eigenvalue weighted by Crippen LogP contribution is -2.00. The zero-order valence-corrected chi connectivity index (χ0v) is 12.0. The van der Waals surface area contributed by atoms with Crippen molar-refractivity contribution < 1.29 is 9.13 Å². The molecule has 0 unspecified atom stereocenters. The molecule has 0 saturated carbocycles. The first kappa shape index (κ1) is 13.9. The van der Waals surface area contributed by atoms with Crippen LogP contribution in [0.15, 0.2) is 30.6 Å². The molecule has 0 spiro atoms. The molecular weight excluding hydrogens is 287 g/mol. The second-order valence-electron chi connectivity index (χ2n) is 4.41. The van der Waals surface area contributed by atoms with Crippen molar-refractivity contribution in [2.45, 2.75) is 0 Å². The van der Waals surface area contributed by atoms with E-state index in [0.717, 1.165) is 0 Å². The van der Waals surface area contributed by atoms with Crippen LogP contribution in [-0.4, -0.2) is 39.5 Å². The lowest BCUT2D eigenvalue weighted by atomic mass is 10.1. The normalized spacial score (nSPS) is 10.5. The Balaban J connectivity index is 2.09. The van der Waals surface area contributed by atoms with Crippen LogP contribution in [0.25, 0.3) is 22.5 Å². The highest BCUT2D eigenvalue weighted by Crippen LogP contribution is 2.33. The van der Waals surface area contributed by atoms with Crippen molar-refractivity contribution in [1.82, 2.24) is 25.4 Å². The molecule has 0 amide bonds. The van der Waals surface area contributed by atoms with Gasteiger partial charge >= 0.3 is 0 Å². The van der Waals surface area contributed by atoms with Crippen LogP contribution in [0.4, 0.5) is 10.2 Å². The number of hydrogen-bond acceptors (Lipinski definition) is 6. The molecule has 7 nitrogen and oxygen atoms in total. The minimum Gasteiger partial charge on any atom is -0.480 e. The summed E-state index contributed by atoms with van der Waals surface area (Å²) in [7, 11) is 3.18.